The van der Waals surface area contributed by atoms with Crippen LogP contribution in [0.15, 0.2) is 58.5 Å². The van der Waals surface area contributed by atoms with Gasteiger partial charge in [0.25, 0.3) is 0 Å². The molecule has 0 bridgehead atoms. The molecular formula is C22H23N5O3. The van der Waals surface area contributed by atoms with Crippen molar-refractivity contribution in [1.82, 2.24) is 10.2 Å². The lowest BCUT2D eigenvalue weighted by Crippen LogP contribution is -2.42. The lowest BCUT2D eigenvalue weighted by Gasteiger charge is -2.26. The third-order valence-corrected chi connectivity index (χ3v) is 5.54. The molecule has 1 saturated carbocycles. The van der Waals surface area contributed by atoms with Crippen LogP contribution in [0.2, 0.25) is 0 Å². The Morgan fingerprint density at radius 1 is 1.20 bits per heavy atom. The topological polar surface area (TPSA) is 89.8 Å². The van der Waals surface area contributed by atoms with E-state index in [2.05, 4.69) is 10.3 Å². The van der Waals surface area contributed by atoms with Gasteiger partial charge in [0.1, 0.15) is 17.5 Å². The van der Waals surface area contributed by atoms with E-state index >= 15 is 0 Å². The summed E-state index contributed by atoms with van der Waals surface area (Å²) in [6, 6.07) is 14.2. The molecular weight excluding hydrogens is 382 g/mol. The molecule has 8 nitrogen and oxygen atoms in total. The molecule has 3 aliphatic rings. The maximum atomic E-state index is 13.5. The summed E-state index contributed by atoms with van der Waals surface area (Å²) >= 11 is 0. The molecule has 2 fully saturated rings. The number of methoxy groups -OCH3 is 1. The SMILES string of the molecule is COc1ccccc1CN1C(=O)N(c2cccc(O)c2)C2N=C(NC3CC3)N=CC21. The molecule has 154 valence electrons. The Labute approximate surface area is 174 Å². The number of urea groups is 1. The van der Waals surface area contributed by atoms with Gasteiger partial charge in [-0.05, 0) is 31.0 Å². The number of hydrogen-bond donors (Lipinski definition) is 2. The second kappa shape index (κ2) is 7.37. The van der Waals surface area contributed by atoms with Crippen LogP contribution in [0.5, 0.6) is 11.5 Å². The largest absolute Gasteiger partial charge is 0.508 e. The zero-order chi connectivity index (χ0) is 20.7. The molecule has 2 heterocycles. The molecule has 2 atom stereocenters. The highest BCUT2D eigenvalue weighted by Crippen LogP contribution is 2.34. The van der Waals surface area contributed by atoms with Crippen molar-refractivity contribution in [2.45, 2.75) is 37.6 Å². The van der Waals surface area contributed by atoms with E-state index in [9.17, 15) is 9.90 Å². The standard InChI is InChI=1S/C22H23N5O3/c1-30-19-8-3-2-5-14(19)13-26-18-12-23-21(24-15-9-10-15)25-20(18)27(22(26)29)16-6-4-7-17(28)11-16/h2-8,11-12,15,18,20,28H,9-10,13H2,1H3,(H,24,25). The van der Waals surface area contributed by atoms with E-state index in [0.717, 1.165) is 24.2 Å². The van der Waals surface area contributed by atoms with Gasteiger partial charge in [0.2, 0.25) is 5.96 Å². The van der Waals surface area contributed by atoms with Gasteiger partial charge in [0, 0.05) is 23.9 Å². The highest BCUT2D eigenvalue weighted by molar-refractivity contribution is 6.03. The Kier molecular flexibility index (Phi) is 4.54. The average Bonchev–Trinajstić information content (AvgIpc) is 3.52. The third-order valence-electron chi connectivity index (χ3n) is 5.54. The van der Waals surface area contributed by atoms with Crippen LogP contribution in [-0.2, 0) is 6.54 Å². The van der Waals surface area contributed by atoms with Gasteiger partial charge in [-0.25, -0.2) is 14.8 Å². The number of guanidine groups is 1. The van der Waals surface area contributed by atoms with Gasteiger partial charge < -0.3 is 20.1 Å². The average molecular weight is 405 g/mol. The molecule has 1 aliphatic carbocycles. The first-order valence-corrected chi connectivity index (χ1v) is 10.0. The van der Waals surface area contributed by atoms with Crippen molar-refractivity contribution < 1.29 is 14.6 Å². The van der Waals surface area contributed by atoms with Crippen molar-refractivity contribution in [1.29, 1.82) is 0 Å². The number of anilines is 1. The highest BCUT2D eigenvalue weighted by Gasteiger charge is 2.47. The number of rotatable bonds is 5. The summed E-state index contributed by atoms with van der Waals surface area (Å²) in [7, 11) is 1.62. The number of aromatic hydroxyl groups is 1. The van der Waals surface area contributed by atoms with Crippen molar-refractivity contribution in [3.8, 4) is 11.5 Å². The van der Waals surface area contributed by atoms with Crippen LogP contribution >= 0.6 is 0 Å². The summed E-state index contributed by atoms with van der Waals surface area (Å²) < 4.78 is 5.47. The van der Waals surface area contributed by atoms with Gasteiger partial charge in [-0.3, -0.25) is 4.90 Å². The van der Waals surface area contributed by atoms with Crippen LogP contribution in [0.1, 0.15) is 18.4 Å². The van der Waals surface area contributed by atoms with Crippen LogP contribution in [0.3, 0.4) is 0 Å². The summed E-state index contributed by atoms with van der Waals surface area (Å²) in [5.41, 5.74) is 1.51. The minimum Gasteiger partial charge on any atom is -0.508 e. The first-order valence-electron chi connectivity index (χ1n) is 10.0. The number of benzene rings is 2. The van der Waals surface area contributed by atoms with Crippen molar-refractivity contribution in [3.63, 3.8) is 0 Å². The fraction of sp³-hybridized carbons (Fsp3) is 0.318. The normalized spacial score (nSPS) is 22.7. The van der Waals surface area contributed by atoms with Crippen LogP contribution in [-0.4, -0.2) is 53.6 Å². The van der Waals surface area contributed by atoms with Crippen LogP contribution < -0.4 is 15.0 Å². The molecule has 5 rings (SSSR count). The van der Waals surface area contributed by atoms with Gasteiger partial charge in [0.15, 0.2) is 6.17 Å². The Balaban J connectivity index is 1.51. The van der Waals surface area contributed by atoms with Crippen molar-refractivity contribution in [3.05, 3.63) is 54.1 Å². The van der Waals surface area contributed by atoms with E-state index in [1.165, 1.54) is 0 Å². The first-order chi connectivity index (χ1) is 14.6. The number of para-hydroxylation sites is 1. The molecule has 0 aromatic heterocycles. The predicted octanol–water partition coefficient (Wildman–Crippen LogP) is 2.73. The number of phenolic OH excluding ortho intramolecular Hbond substituents is 1. The molecule has 0 spiro atoms. The van der Waals surface area contributed by atoms with E-state index < -0.39 is 6.17 Å². The van der Waals surface area contributed by atoms with Crippen molar-refractivity contribution in [2.75, 3.05) is 12.0 Å². The monoisotopic (exact) mass is 405 g/mol. The smallest absolute Gasteiger partial charge is 0.327 e. The maximum absolute atomic E-state index is 13.5. The lowest BCUT2D eigenvalue weighted by atomic mass is 10.1. The lowest BCUT2D eigenvalue weighted by molar-refractivity contribution is 0.212. The quantitative estimate of drug-likeness (QED) is 0.800. The third kappa shape index (κ3) is 3.34. The molecule has 8 heteroatoms. The molecule has 0 radical (unpaired) electrons. The first kappa shape index (κ1) is 18.5. The van der Waals surface area contributed by atoms with Crippen LogP contribution in [0.4, 0.5) is 10.5 Å². The number of aliphatic imine (C=N–C) groups is 2. The summed E-state index contributed by atoms with van der Waals surface area (Å²) in [5.74, 6) is 1.38. The summed E-state index contributed by atoms with van der Waals surface area (Å²) in [4.78, 5) is 26.1. The minimum absolute atomic E-state index is 0.102. The number of phenols is 1. The number of amides is 2. The fourth-order valence-electron chi connectivity index (χ4n) is 3.87. The van der Waals surface area contributed by atoms with Gasteiger partial charge in [-0.15, -0.1) is 0 Å². The second-order valence-corrected chi connectivity index (χ2v) is 7.67. The van der Waals surface area contributed by atoms with Gasteiger partial charge in [-0.1, -0.05) is 24.3 Å². The number of nitrogens with zero attached hydrogens (tertiary/aromatic N) is 4. The van der Waals surface area contributed by atoms with Crippen LogP contribution in [0, 0.1) is 0 Å². The predicted molar refractivity (Wildman–Crippen MR) is 114 cm³/mol. The van der Waals surface area contributed by atoms with E-state index in [4.69, 9.17) is 9.73 Å². The number of ether oxygens (including phenoxy) is 1. The van der Waals surface area contributed by atoms with Gasteiger partial charge in [-0.2, -0.15) is 0 Å². The van der Waals surface area contributed by atoms with E-state index in [0.29, 0.717) is 24.2 Å². The molecule has 2 N–H and O–H groups in total. The van der Waals surface area contributed by atoms with Crippen molar-refractivity contribution in [2.24, 2.45) is 9.98 Å². The Morgan fingerprint density at radius 2 is 2.03 bits per heavy atom. The Morgan fingerprint density at radius 3 is 2.80 bits per heavy atom. The van der Waals surface area contributed by atoms with Crippen molar-refractivity contribution >= 4 is 23.9 Å². The van der Waals surface area contributed by atoms with E-state index in [1.54, 1.807) is 47.4 Å². The Hall–Kier alpha value is -3.55. The number of fused-ring (bicyclic) bond motifs is 1. The summed E-state index contributed by atoms with van der Waals surface area (Å²) in [5, 5.41) is 13.3. The number of carbonyl (C=O) groups excluding carboxylic acids is 1. The highest BCUT2D eigenvalue weighted by atomic mass is 16.5. The van der Waals surface area contributed by atoms with Gasteiger partial charge >= 0.3 is 6.03 Å². The molecule has 2 unspecified atom stereocenters. The molecule has 30 heavy (non-hydrogen) atoms. The fourth-order valence-corrected chi connectivity index (χ4v) is 3.87. The summed E-state index contributed by atoms with van der Waals surface area (Å²) in [6.45, 7) is 0.367. The summed E-state index contributed by atoms with van der Waals surface area (Å²) in [6.07, 6.45) is 3.54. The molecule has 2 amide bonds. The maximum Gasteiger partial charge on any atom is 0.327 e. The van der Waals surface area contributed by atoms with E-state index in [1.807, 2.05) is 24.3 Å². The second-order valence-electron chi connectivity index (χ2n) is 7.67. The zero-order valence-electron chi connectivity index (χ0n) is 16.6. The number of carbonyl (C=O) groups is 1. The number of nitrogens with one attached hydrogen (secondary N) is 1. The number of hydrogen-bond acceptors (Lipinski definition) is 6. The zero-order valence-corrected chi connectivity index (χ0v) is 16.6. The van der Waals surface area contributed by atoms with Crippen LogP contribution in [0.25, 0.3) is 0 Å². The van der Waals surface area contributed by atoms with Gasteiger partial charge in [0.05, 0.1) is 19.3 Å². The Bertz CT molecular complexity index is 1030. The van der Waals surface area contributed by atoms with E-state index in [-0.39, 0.29) is 17.8 Å². The molecule has 2 aromatic carbocycles. The molecule has 2 aliphatic heterocycles. The molecule has 1 saturated heterocycles. The molecule has 2 aromatic rings. The minimum atomic E-state index is -0.465.